The topological polar surface area (TPSA) is 52.0 Å². The third kappa shape index (κ3) is 5.56. The highest BCUT2D eigenvalue weighted by Gasteiger charge is 2.14. The Kier molecular flexibility index (Phi) is 6.39. The zero-order valence-corrected chi connectivity index (χ0v) is 8.72. The summed E-state index contributed by atoms with van der Waals surface area (Å²) in [5.41, 5.74) is 11.4. The van der Waals surface area contributed by atoms with Crippen LogP contribution in [0.25, 0.3) is 0 Å². The van der Waals surface area contributed by atoms with Gasteiger partial charge in [0.25, 0.3) is 0 Å². The lowest BCUT2D eigenvalue weighted by Crippen LogP contribution is -2.28. The van der Waals surface area contributed by atoms with Crippen molar-refractivity contribution in [1.29, 1.82) is 0 Å². The van der Waals surface area contributed by atoms with E-state index in [1.165, 1.54) is 12.8 Å². The molecule has 0 aromatic heterocycles. The molecule has 0 saturated carbocycles. The van der Waals surface area contributed by atoms with E-state index in [9.17, 15) is 0 Å². The van der Waals surface area contributed by atoms with Gasteiger partial charge in [0.2, 0.25) is 0 Å². The summed E-state index contributed by atoms with van der Waals surface area (Å²) in [7, 11) is 0. The maximum Gasteiger partial charge on any atom is 0.00388 e. The maximum absolute atomic E-state index is 5.88. The molecular formula is C10H24N2. The third-order valence-electron chi connectivity index (χ3n) is 2.30. The van der Waals surface area contributed by atoms with Gasteiger partial charge in [-0.25, -0.2) is 0 Å². The Balaban J connectivity index is 3.70. The van der Waals surface area contributed by atoms with Gasteiger partial charge in [-0.05, 0) is 44.6 Å². The van der Waals surface area contributed by atoms with Crippen molar-refractivity contribution in [2.75, 3.05) is 6.54 Å². The number of nitrogens with two attached hydrogens (primary N) is 2. The zero-order valence-electron chi connectivity index (χ0n) is 8.72. The molecule has 0 aromatic carbocycles. The molecule has 0 spiro atoms. The van der Waals surface area contributed by atoms with Crippen LogP contribution in [0.1, 0.15) is 40.0 Å². The van der Waals surface area contributed by atoms with Gasteiger partial charge < -0.3 is 11.5 Å². The fourth-order valence-corrected chi connectivity index (χ4v) is 1.58. The summed E-state index contributed by atoms with van der Waals surface area (Å²) < 4.78 is 0. The highest BCUT2D eigenvalue weighted by molar-refractivity contribution is 4.70. The smallest absolute Gasteiger partial charge is 0.00388 e. The average molecular weight is 172 g/mol. The van der Waals surface area contributed by atoms with E-state index in [1.54, 1.807) is 0 Å². The fourth-order valence-electron chi connectivity index (χ4n) is 1.58. The molecule has 4 N–H and O–H groups in total. The van der Waals surface area contributed by atoms with E-state index >= 15 is 0 Å². The molecule has 0 heterocycles. The lowest BCUT2D eigenvalue weighted by Gasteiger charge is -2.22. The molecule has 2 unspecified atom stereocenters. The predicted octanol–water partition coefficient (Wildman–Crippen LogP) is 1.73. The second kappa shape index (κ2) is 6.44. The molecule has 0 aliphatic carbocycles. The van der Waals surface area contributed by atoms with Gasteiger partial charge >= 0.3 is 0 Å². The number of hydrogen-bond acceptors (Lipinski definition) is 2. The highest BCUT2D eigenvalue weighted by atomic mass is 14.6. The molecule has 0 fully saturated rings. The molecule has 12 heavy (non-hydrogen) atoms. The Morgan fingerprint density at radius 3 is 2.08 bits per heavy atom. The minimum atomic E-state index is 0.318. The summed E-state index contributed by atoms with van der Waals surface area (Å²) in [5.74, 6) is 1.41. The molecule has 0 aliphatic heterocycles. The van der Waals surface area contributed by atoms with Gasteiger partial charge in [-0.3, -0.25) is 0 Å². The third-order valence-corrected chi connectivity index (χ3v) is 2.30. The summed E-state index contributed by atoms with van der Waals surface area (Å²) in [6.45, 7) is 7.39. The van der Waals surface area contributed by atoms with Gasteiger partial charge in [0, 0.05) is 6.04 Å². The number of hydrogen-bond donors (Lipinski definition) is 2. The Morgan fingerprint density at radius 2 is 1.75 bits per heavy atom. The van der Waals surface area contributed by atoms with Crippen molar-refractivity contribution in [3.8, 4) is 0 Å². The van der Waals surface area contributed by atoms with Gasteiger partial charge in [-0.2, -0.15) is 0 Å². The summed E-state index contributed by atoms with van der Waals surface area (Å²) in [4.78, 5) is 0. The molecule has 2 atom stereocenters. The van der Waals surface area contributed by atoms with E-state index in [0.717, 1.165) is 18.9 Å². The highest BCUT2D eigenvalue weighted by Crippen LogP contribution is 2.19. The van der Waals surface area contributed by atoms with Crippen molar-refractivity contribution in [2.24, 2.45) is 23.3 Å². The van der Waals surface area contributed by atoms with Crippen molar-refractivity contribution < 1.29 is 0 Å². The van der Waals surface area contributed by atoms with Crippen LogP contribution in [0.3, 0.4) is 0 Å². The summed E-state index contributed by atoms with van der Waals surface area (Å²) in [6.07, 6.45) is 3.53. The van der Waals surface area contributed by atoms with Crippen molar-refractivity contribution >= 4 is 0 Å². The van der Waals surface area contributed by atoms with Crippen LogP contribution in [0.2, 0.25) is 0 Å². The molecule has 0 aliphatic rings. The van der Waals surface area contributed by atoms with E-state index in [0.29, 0.717) is 12.0 Å². The van der Waals surface area contributed by atoms with Crippen LogP contribution in [0, 0.1) is 11.8 Å². The lowest BCUT2D eigenvalue weighted by atomic mass is 9.88. The Morgan fingerprint density at radius 1 is 1.17 bits per heavy atom. The van der Waals surface area contributed by atoms with Gasteiger partial charge in [-0.1, -0.05) is 13.8 Å². The molecule has 2 heteroatoms. The van der Waals surface area contributed by atoms with Crippen LogP contribution in [-0.4, -0.2) is 12.6 Å². The first-order valence-electron chi connectivity index (χ1n) is 5.03. The first kappa shape index (κ1) is 11.9. The molecule has 0 rings (SSSR count). The molecular weight excluding hydrogens is 148 g/mol. The van der Waals surface area contributed by atoms with E-state index in [2.05, 4.69) is 20.8 Å². The predicted molar refractivity (Wildman–Crippen MR) is 54.9 cm³/mol. The summed E-state index contributed by atoms with van der Waals surface area (Å²) in [6, 6.07) is 0.318. The van der Waals surface area contributed by atoms with Crippen LogP contribution < -0.4 is 11.5 Å². The minimum Gasteiger partial charge on any atom is -0.330 e. The first-order chi connectivity index (χ1) is 5.57. The Hall–Kier alpha value is -0.0800. The van der Waals surface area contributed by atoms with Gasteiger partial charge in [-0.15, -0.1) is 0 Å². The van der Waals surface area contributed by atoms with E-state index in [1.807, 2.05) is 0 Å². The standard InChI is InChI=1S/C10H24N2/c1-8(2)7-10(9(3)12)5-4-6-11/h8-10H,4-7,11-12H2,1-3H3. The molecule has 0 saturated heterocycles. The minimum absolute atomic E-state index is 0.318. The van der Waals surface area contributed by atoms with Crippen LogP contribution in [-0.2, 0) is 0 Å². The normalized spacial score (nSPS) is 16.5. The van der Waals surface area contributed by atoms with E-state index in [-0.39, 0.29) is 0 Å². The molecule has 2 nitrogen and oxygen atoms in total. The first-order valence-corrected chi connectivity index (χ1v) is 5.03. The second-order valence-corrected chi connectivity index (χ2v) is 4.18. The van der Waals surface area contributed by atoms with E-state index in [4.69, 9.17) is 11.5 Å². The monoisotopic (exact) mass is 172 g/mol. The molecule has 0 amide bonds. The molecule has 0 aromatic rings. The van der Waals surface area contributed by atoms with Gasteiger partial charge in [0.1, 0.15) is 0 Å². The Bertz CT molecular complexity index is 100. The van der Waals surface area contributed by atoms with Crippen LogP contribution in [0.5, 0.6) is 0 Å². The molecule has 74 valence electrons. The van der Waals surface area contributed by atoms with Crippen molar-refractivity contribution in [3.63, 3.8) is 0 Å². The quantitative estimate of drug-likeness (QED) is 0.641. The Labute approximate surface area is 76.7 Å². The fraction of sp³-hybridized carbons (Fsp3) is 1.00. The van der Waals surface area contributed by atoms with Crippen molar-refractivity contribution in [2.45, 2.75) is 46.1 Å². The van der Waals surface area contributed by atoms with Crippen molar-refractivity contribution in [3.05, 3.63) is 0 Å². The van der Waals surface area contributed by atoms with Crippen molar-refractivity contribution in [1.82, 2.24) is 0 Å². The van der Waals surface area contributed by atoms with Gasteiger partial charge in [0.05, 0.1) is 0 Å². The summed E-state index contributed by atoms with van der Waals surface area (Å²) >= 11 is 0. The molecule has 0 radical (unpaired) electrons. The maximum atomic E-state index is 5.88. The average Bonchev–Trinajstić information content (AvgIpc) is 1.96. The summed E-state index contributed by atoms with van der Waals surface area (Å²) in [5, 5.41) is 0. The zero-order chi connectivity index (χ0) is 9.56. The second-order valence-electron chi connectivity index (χ2n) is 4.18. The van der Waals surface area contributed by atoms with Crippen LogP contribution in [0.4, 0.5) is 0 Å². The number of rotatable bonds is 6. The van der Waals surface area contributed by atoms with Crippen LogP contribution >= 0.6 is 0 Å². The van der Waals surface area contributed by atoms with Gasteiger partial charge in [0.15, 0.2) is 0 Å². The largest absolute Gasteiger partial charge is 0.330 e. The molecule has 0 bridgehead atoms. The lowest BCUT2D eigenvalue weighted by molar-refractivity contribution is 0.334. The van der Waals surface area contributed by atoms with E-state index < -0.39 is 0 Å². The van der Waals surface area contributed by atoms with Crippen LogP contribution in [0.15, 0.2) is 0 Å². The SMILES string of the molecule is CC(C)CC(CCCN)C(C)N.